The number of benzene rings is 1. The van der Waals surface area contributed by atoms with E-state index in [0.29, 0.717) is 5.92 Å². The summed E-state index contributed by atoms with van der Waals surface area (Å²) in [6.45, 7) is 12.1. The van der Waals surface area contributed by atoms with Crippen LogP contribution in [-0.2, 0) is 6.42 Å². The lowest BCUT2D eigenvalue weighted by atomic mass is 9.98. The van der Waals surface area contributed by atoms with Gasteiger partial charge in [0.2, 0.25) is 0 Å². The van der Waals surface area contributed by atoms with Crippen molar-refractivity contribution >= 4 is 12.2 Å². The first-order chi connectivity index (χ1) is 6.67. The first kappa shape index (κ1) is 10.8. The van der Waals surface area contributed by atoms with Crippen LogP contribution in [0.25, 0.3) is 12.2 Å². The molecule has 1 aromatic carbocycles. The monoisotopic (exact) mass is 186 g/mol. The van der Waals surface area contributed by atoms with Gasteiger partial charge in [-0.15, -0.1) is 0 Å². The Morgan fingerprint density at radius 3 is 2.29 bits per heavy atom. The third kappa shape index (κ3) is 2.59. The van der Waals surface area contributed by atoms with Crippen LogP contribution in [0.5, 0.6) is 0 Å². The second kappa shape index (κ2) is 4.80. The summed E-state index contributed by atoms with van der Waals surface area (Å²) in [5, 5.41) is 0. The second-order valence-electron chi connectivity index (χ2n) is 3.97. The van der Waals surface area contributed by atoms with E-state index in [4.69, 9.17) is 0 Å². The van der Waals surface area contributed by atoms with Crippen molar-refractivity contribution in [2.75, 3.05) is 0 Å². The molecule has 0 N–H and O–H groups in total. The molecule has 1 aromatic rings. The van der Waals surface area contributed by atoms with Crippen LogP contribution in [0.3, 0.4) is 0 Å². The Kier molecular flexibility index (Phi) is 3.70. The minimum Gasteiger partial charge on any atom is -0.0984 e. The summed E-state index contributed by atoms with van der Waals surface area (Å²) in [7, 11) is 0. The van der Waals surface area contributed by atoms with Gasteiger partial charge < -0.3 is 0 Å². The van der Waals surface area contributed by atoms with Gasteiger partial charge in [0.25, 0.3) is 0 Å². The molecule has 0 saturated heterocycles. The summed E-state index contributed by atoms with van der Waals surface area (Å²) in [6.07, 6.45) is 4.88. The van der Waals surface area contributed by atoms with E-state index in [-0.39, 0.29) is 0 Å². The van der Waals surface area contributed by atoms with E-state index in [2.05, 4.69) is 45.2 Å². The zero-order chi connectivity index (χ0) is 10.6. The highest BCUT2D eigenvalue weighted by Gasteiger charge is 2.00. The van der Waals surface area contributed by atoms with Crippen molar-refractivity contribution in [3.8, 4) is 0 Å². The predicted molar refractivity (Wildman–Crippen MR) is 65.2 cm³/mol. The Balaban J connectivity index is 3.01. The fraction of sp³-hybridized carbons (Fsp3) is 0.286. The molecule has 0 unspecified atom stereocenters. The highest BCUT2D eigenvalue weighted by atomic mass is 14.1. The summed E-state index contributed by atoms with van der Waals surface area (Å²) in [5.41, 5.74) is 3.71. The lowest BCUT2D eigenvalue weighted by Crippen LogP contribution is -1.95. The number of hydrogen-bond donors (Lipinski definition) is 0. The molecule has 0 aliphatic heterocycles. The SMILES string of the molecule is C=Cc1ccc(CC(C)C)cc1C=C. The maximum absolute atomic E-state index is 3.81. The molecular weight excluding hydrogens is 168 g/mol. The maximum Gasteiger partial charge on any atom is -0.0187 e. The van der Waals surface area contributed by atoms with Gasteiger partial charge in [-0.1, -0.05) is 57.4 Å². The Morgan fingerprint density at radius 2 is 1.79 bits per heavy atom. The van der Waals surface area contributed by atoms with Gasteiger partial charge in [-0.25, -0.2) is 0 Å². The average molecular weight is 186 g/mol. The summed E-state index contributed by atoms with van der Waals surface area (Å²) in [5.74, 6) is 0.697. The van der Waals surface area contributed by atoms with Crippen LogP contribution in [0.15, 0.2) is 31.4 Å². The zero-order valence-corrected chi connectivity index (χ0v) is 9.09. The van der Waals surface area contributed by atoms with Crippen molar-refractivity contribution in [1.82, 2.24) is 0 Å². The molecule has 0 nitrogen and oxygen atoms in total. The molecule has 1 rings (SSSR count). The van der Waals surface area contributed by atoms with Crippen molar-refractivity contribution in [3.05, 3.63) is 48.0 Å². The third-order valence-electron chi connectivity index (χ3n) is 2.23. The molecule has 0 bridgehead atoms. The van der Waals surface area contributed by atoms with E-state index >= 15 is 0 Å². The Labute approximate surface area is 87.0 Å². The van der Waals surface area contributed by atoms with Crippen molar-refractivity contribution < 1.29 is 0 Å². The average Bonchev–Trinajstić information content (AvgIpc) is 2.16. The molecule has 0 spiro atoms. The Bertz CT molecular complexity index is 332. The Hall–Kier alpha value is -1.30. The quantitative estimate of drug-likeness (QED) is 0.662. The smallest absolute Gasteiger partial charge is 0.0187 e. The van der Waals surface area contributed by atoms with Crippen molar-refractivity contribution in [1.29, 1.82) is 0 Å². The minimum atomic E-state index is 0.697. The van der Waals surface area contributed by atoms with Crippen LogP contribution >= 0.6 is 0 Å². The van der Waals surface area contributed by atoms with Crippen molar-refractivity contribution in [2.24, 2.45) is 5.92 Å². The van der Waals surface area contributed by atoms with Gasteiger partial charge in [-0.3, -0.25) is 0 Å². The van der Waals surface area contributed by atoms with Crippen molar-refractivity contribution in [2.45, 2.75) is 20.3 Å². The fourth-order valence-corrected chi connectivity index (χ4v) is 1.59. The maximum atomic E-state index is 3.81. The summed E-state index contributed by atoms with van der Waals surface area (Å²) < 4.78 is 0. The van der Waals surface area contributed by atoms with Gasteiger partial charge in [0.15, 0.2) is 0 Å². The molecule has 0 saturated carbocycles. The topological polar surface area (TPSA) is 0 Å². The summed E-state index contributed by atoms with van der Waals surface area (Å²) in [6, 6.07) is 6.48. The number of rotatable bonds is 4. The summed E-state index contributed by atoms with van der Waals surface area (Å²) in [4.78, 5) is 0. The van der Waals surface area contributed by atoms with Gasteiger partial charge in [0, 0.05) is 0 Å². The van der Waals surface area contributed by atoms with Gasteiger partial charge in [-0.05, 0) is 29.0 Å². The first-order valence-electron chi connectivity index (χ1n) is 5.05. The number of hydrogen-bond acceptors (Lipinski definition) is 0. The van der Waals surface area contributed by atoms with E-state index in [1.807, 2.05) is 12.2 Å². The lowest BCUT2D eigenvalue weighted by molar-refractivity contribution is 0.647. The molecule has 0 heterocycles. The molecule has 0 fully saturated rings. The summed E-state index contributed by atoms with van der Waals surface area (Å²) >= 11 is 0. The fourth-order valence-electron chi connectivity index (χ4n) is 1.59. The molecule has 0 heteroatoms. The predicted octanol–water partition coefficient (Wildman–Crippen LogP) is 4.17. The van der Waals surface area contributed by atoms with E-state index in [0.717, 1.165) is 12.0 Å². The van der Waals surface area contributed by atoms with Crippen LogP contribution in [-0.4, -0.2) is 0 Å². The van der Waals surface area contributed by atoms with Gasteiger partial charge in [0.05, 0.1) is 0 Å². The third-order valence-corrected chi connectivity index (χ3v) is 2.23. The molecule has 0 atom stereocenters. The van der Waals surface area contributed by atoms with E-state index in [1.54, 1.807) is 0 Å². The zero-order valence-electron chi connectivity index (χ0n) is 9.09. The van der Waals surface area contributed by atoms with Crippen LogP contribution < -0.4 is 0 Å². The lowest BCUT2D eigenvalue weighted by Gasteiger charge is -2.07. The van der Waals surface area contributed by atoms with Crippen LogP contribution in [0, 0.1) is 5.92 Å². The van der Waals surface area contributed by atoms with E-state index < -0.39 is 0 Å². The second-order valence-corrected chi connectivity index (χ2v) is 3.97. The molecule has 0 aliphatic carbocycles. The highest BCUT2D eigenvalue weighted by molar-refractivity contribution is 5.64. The molecule has 14 heavy (non-hydrogen) atoms. The van der Waals surface area contributed by atoms with Crippen LogP contribution in [0.4, 0.5) is 0 Å². The molecule has 0 aliphatic rings. The minimum absolute atomic E-state index is 0.697. The molecular formula is C14H18. The normalized spacial score (nSPS) is 10.2. The molecule has 0 radical (unpaired) electrons. The molecule has 74 valence electrons. The molecule has 0 aromatic heterocycles. The van der Waals surface area contributed by atoms with Gasteiger partial charge in [0.1, 0.15) is 0 Å². The molecule has 0 amide bonds. The Morgan fingerprint density at radius 1 is 1.14 bits per heavy atom. The first-order valence-corrected chi connectivity index (χ1v) is 5.05. The van der Waals surface area contributed by atoms with E-state index in [1.165, 1.54) is 11.1 Å². The standard InChI is InChI=1S/C14H18/c1-5-13-8-7-12(9-11(3)4)10-14(13)6-2/h5-8,10-11H,1-2,9H2,3-4H3. The van der Waals surface area contributed by atoms with Gasteiger partial charge in [-0.2, -0.15) is 0 Å². The largest absolute Gasteiger partial charge is 0.0984 e. The van der Waals surface area contributed by atoms with Crippen LogP contribution in [0.2, 0.25) is 0 Å². The van der Waals surface area contributed by atoms with E-state index in [9.17, 15) is 0 Å². The highest BCUT2D eigenvalue weighted by Crippen LogP contribution is 2.16. The van der Waals surface area contributed by atoms with Crippen LogP contribution in [0.1, 0.15) is 30.5 Å². The van der Waals surface area contributed by atoms with Gasteiger partial charge >= 0.3 is 0 Å². The van der Waals surface area contributed by atoms with Crippen molar-refractivity contribution in [3.63, 3.8) is 0 Å².